The van der Waals surface area contributed by atoms with Crippen molar-refractivity contribution in [1.82, 2.24) is 10.6 Å². The van der Waals surface area contributed by atoms with Gasteiger partial charge in [-0.2, -0.15) is 8.78 Å². The molecule has 1 aromatic carbocycles. The van der Waals surface area contributed by atoms with Crippen LogP contribution in [0.25, 0.3) is 0 Å². The zero-order valence-corrected chi connectivity index (χ0v) is 16.4. The van der Waals surface area contributed by atoms with E-state index in [1.165, 1.54) is 6.42 Å². The van der Waals surface area contributed by atoms with Gasteiger partial charge in [0.05, 0.1) is 19.8 Å². The van der Waals surface area contributed by atoms with E-state index in [2.05, 4.69) is 10.6 Å². The maximum Gasteiger partial charge on any atom is 0.387 e. The SMILES string of the molecule is CCOc1cccc(CNC2CCCC2C2COCCN2)c1OC(F)F.Cl. The lowest BCUT2D eigenvalue weighted by atomic mass is 9.94. The number of alkyl halides is 2. The molecule has 0 amide bonds. The molecule has 2 aliphatic rings. The molecule has 1 heterocycles. The topological polar surface area (TPSA) is 51.8 Å². The number of rotatable bonds is 8. The van der Waals surface area contributed by atoms with Crippen molar-refractivity contribution < 1.29 is 23.0 Å². The molecule has 1 aliphatic heterocycles. The van der Waals surface area contributed by atoms with E-state index in [9.17, 15) is 8.78 Å². The van der Waals surface area contributed by atoms with E-state index in [0.29, 0.717) is 42.5 Å². The maximum absolute atomic E-state index is 12.8. The van der Waals surface area contributed by atoms with Crippen molar-refractivity contribution in [3.05, 3.63) is 23.8 Å². The number of hydrogen-bond acceptors (Lipinski definition) is 5. The van der Waals surface area contributed by atoms with E-state index in [-0.39, 0.29) is 18.2 Å². The number of benzene rings is 1. The summed E-state index contributed by atoms with van der Waals surface area (Å²) in [6.07, 6.45) is 3.40. The lowest BCUT2D eigenvalue weighted by Gasteiger charge is -2.33. The summed E-state index contributed by atoms with van der Waals surface area (Å²) in [4.78, 5) is 0. The molecule has 1 aromatic rings. The summed E-state index contributed by atoms with van der Waals surface area (Å²) in [5, 5.41) is 7.10. The van der Waals surface area contributed by atoms with Crippen molar-refractivity contribution >= 4 is 12.4 Å². The van der Waals surface area contributed by atoms with Crippen LogP contribution in [0.15, 0.2) is 18.2 Å². The van der Waals surface area contributed by atoms with Gasteiger partial charge in [-0.05, 0) is 31.7 Å². The normalized spacial score (nSPS) is 25.3. The minimum Gasteiger partial charge on any atom is -0.490 e. The monoisotopic (exact) mass is 406 g/mol. The Kier molecular flexibility index (Phi) is 9.02. The number of nitrogens with one attached hydrogen (secondary N) is 2. The summed E-state index contributed by atoms with van der Waals surface area (Å²) < 4.78 is 41.5. The summed E-state index contributed by atoms with van der Waals surface area (Å²) in [7, 11) is 0. The molecule has 154 valence electrons. The van der Waals surface area contributed by atoms with Crippen LogP contribution in [0.5, 0.6) is 11.5 Å². The average molecular weight is 407 g/mol. The summed E-state index contributed by atoms with van der Waals surface area (Å²) in [5.74, 6) is 0.979. The van der Waals surface area contributed by atoms with Crippen LogP contribution >= 0.6 is 12.4 Å². The van der Waals surface area contributed by atoms with Gasteiger partial charge >= 0.3 is 6.61 Å². The molecule has 0 bridgehead atoms. The third-order valence-corrected chi connectivity index (χ3v) is 5.16. The number of morpholine rings is 1. The molecular formula is C19H29ClF2N2O3. The van der Waals surface area contributed by atoms with Crippen LogP contribution < -0.4 is 20.1 Å². The second-order valence-electron chi connectivity index (χ2n) is 6.77. The largest absolute Gasteiger partial charge is 0.490 e. The molecule has 0 aromatic heterocycles. The Labute approximate surface area is 165 Å². The maximum atomic E-state index is 12.8. The van der Waals surface area contributed by atoms with Crippen LogP contribution in [-0.2, 0) is 11.3 Å². The van der Waals surface area contributed by atoms with Gasteiger partial charge in [-0.3, -0.25) is 0 Å². The van der Waals surface area contributed by atoms with Gasteiger partial charge in [0, 0.05) is 30.7 Å². The minimum atomic E-state index is -2.88. The second-order valence-corrected chi connectivity index (χ2v) is 6.77. The highest BCUT2D eigenvalue weighted by Crippen LogP contribution is 2.34. The van der Waals surface area contributed by atoms with Crippen molar-refractivity contribution in [2.45, 2.75) is 51.4 Å². The molecule has 1 saturated carbocycles. The molecule has 27 heavy (non-hydrogen) atoms. The molecule has 2 fully saturated rings. The predicted octanol–water partition coefficient (Wildman–Crippen LogP) is 3.36. The highest BCUT2D eigenvalue weighted by atomic mass is 35.5. The highest BCUT2D eigenvalue weighted by Gasteiger charge is 2.34. The van der Waals surface area contributed by atoms with Gasteiger partial charge in [-0.25, -0.2) is 0 Å². The Balaban J connectivity index is 0.00000261. The van der Waals surface area contributed by atoms with Crippen LogP contribution in [-0.4, -0.2) is 45.1 Å². The minimum absolute atomic E-state index is 0. The fourth-order valence-corrected chi connectivity index (χ4v) is 4.02. The molecule has 1 aliphatic carbocycles. The number of halogens is 3. The van der Waals surface area contributed by atoms with Gasteiger partial charge in [0.1, 0.15) is 0 Å². The van der Waals surface area contributed by atoms with E-state index in [1.807, 2.05) is 13.0 Å². The summed E-state index contributed by atoms with van der Waals surface area (Å²) in [6, 6.07) is 5.97. The van der Waals surface area contributed by atoms with Crippen LogP contribution in [0.1, 0.15) is 31.7 Å². The van der Waals surface area contributed by atoms with Gasteiger partial charge in [-0.15, -0.1) is 12.4 Å². The predicted molar refractivity (Wildman–Crippen MR) is 102 cm³/mol. The lowest BCUT2D eigenvalue weighted by molar-refractivity contribution is -0.0521. The summed E-state index contributed by atoms with van der Waals surface area (Å²) in [6.45, 7) is 2.20. The first-order valence-electron chi connectivity index (χ1n) is 9.43. The smallest absolute Gasteiger partial charge is 0.387 e. The summed E-state index contributed by atoms with van der Waals surface area (Å²) >= 11 is 0. The zero-order chi connectivity index (χ0) is 18.4. The fourth-order valence-electron chi connectivity index (χ4n) is 4.02. The van der Waals surface area contributed by atoms with Gasteiger partial charge in [-0.1, -0.05) is 18.6 Å². The van der Waals surface area contributed by atoms with Gasteiger partial charge in [0.15, 0.2) is 11.5 Å². The average Bonchev–Trinajstić information content (AvgIpc) is 3.11. The Morgan fingerprint density at radius 3 is 2.89 bits per heavy atom. The number of hydrogen-bond donors (Lipinski definition) is 2. The van der Waals surface area contributed by atoms with Crippen molar-refractivity contribution in [3.63, 3.8) is 0 Å². The van der Waals surface area contributed by atoms with Crippen molar-refractivity contribution in [2.75, 3.05) is 26.4 Å². The van der Waals surface area contributed by atoms with Crippen LogP contribution in [0.2, 0.25) is 0 Å². The first-order valence-corrected chi connectivity index (χ1v) is 9.43. The zero-order valence-electron chi connectivity index (χ0n) is 15.6. The van der Waals surface area contributed by atoms with Crippen molar-refractivity contribution in [2.24, 2.45) is 5.92 Å². The quantitative estimate of drug-likeness (QED) is 0.693. The Bertz CT molecular complexity index is 574. The first-order chi connectivity index (χ1) is 12.7. The van der Waals surface area contributed by atoms with Crippen LogP contribution in [0.3, 0.4) is 0 Å². The molecule has 0 radical (unpaired) electrons. The summed E-state index contributed by atoms with van der Waals surface area (Å²) in [5.41, 5.74) is 0.690. The molecule has 3 unspecified atom stereocenters. The second kappa shape index (κ2) is 11.0. The van der Waals surface area contributed by atoms with E-state index >= 15 is 0 Å². The third-order valence-electron chi connectivity index (χ3n) is 5.16. The molecule has 8 heteroatoms. The molecule has 3 rings (SSSR count). The van der Waals surface area contributed by atoms with E-state index in [0.717, 1.165) is 32.6 Å². The molecular weight excluding hydrogens is 378 g/mol. The molecule has 1 saturated heterocycles. The first kappa shape index (κ1) is 22.1. The fraction of sp³-hybridized carbons (Fsp3) is 0.684. The standard InChI is InChI=1S/C19H28F2N2O3.ClH/c1-2-25-17-8-3-5-13(18(17)26-19(20)21)11-23-15-7-4-6-14(15)16-12-24-10-9-22-16;/h3,5,8,14-16,19,22-23H,2,4,6-7,9-12H2,1H3;1H. The van der Waals surface area contributed by atoms with Crippen LogP contribution in [0.4, 0.5) is 8.78 Å². The Morgan fingerprint density at radius 1 is 1.33 bits per heavy atom. The Hall–Kier alpha value is -1.15. The lowest BCUT2D eigenvalue weighted by Crippen LogP contribution is -2.50. The van der Waals surface area contributed by atoms with Gasteiger partial charge in [0.2, 0.25) is 0 Å². The number of para-hydroxylation sites is 1. The van der Waals surface area contributed by atoms with E-state index in [1.54, 1.807) is 12.1 Å². The van der Waals surface area contributed by atoms with Crippen LogP contribution in [0, 0.1) is 5.92 Å². The highest BCUT2D eigenvalue weighted by molar-refractivity contribution is 5.85. The van der Waals surface area contributed by atoms with E-state index in [4.69, 9.17) is 14.2 Å². The van der Waals surface area contributed by atoms with E-state index < -0.39 is 6.61 Å². The third kappa shape index (κ3) is 5.91. The molecule has 2 N–H and O–H groups in total. The molecule has 3 atom stereocenters. The number of ether oxygens (including phenoxy) is 3. The van der Waals surface area contributed by atoms with Crippen molar-refractivity contribution in [1.29, 1.82) is 0 Å². The molecule has 0 spiro atoms. The van der Waals surface area contributed by atoms with Gasteiger partial charge < -0.3 is 24.8 Å². The molecule has 5 nitrogen and oxygen atoms in total. The van der Waals surface area contributed by atoms with Gasteiger partial charge in [0.25, 0.3) is 0 Å². The Morgan fingerprint density at radius 2 is 2.19 bits per heavy atom. The van der Waals surface area contributed by atoms with Crippen molar-refractivity contribution in [3.8, 4) is 11.5 Å².